The molecule has 3 nitrogen and oxygen atoms in total. The van der Waals surface area contributed by atoms with Gasteiger partial charge in [0.05, 0.1) is 6.42 Å². The number of Topliss-reactive ketones (excluding diaryl/α,β-unsaturated/α-hetero) is 1. The van der Waals surface area contributed by atoms with Crippen molar-refractivity contribution in [3.63, 3.8) is 0 Å². The smallest absolute Gasteiger partial charge is 0.231 e. The third-order valence-corrected chi connectivity index (χ3v) is 4.20. The molecule has 0 aliphatic rings. The molecule has 0 saturated heterocycles. The average molecular weight is 415 g/mol. The first-order valence-electron chi connectivity index (χ1n) is 8.19. The van der Waals surface area contributed by atoms with Gasteiger partial charge in [-0.2, -0.15) is 0 Å². The summed E-state index contributed by atoms with van der Waals surface area (Å²) in [6.45, 7) is 2.21. The van der Waals surface area contributed by atoms with Gasteiger partial charge in [0.15, 0.2) is 0 Å². The minimum atomic E-state index is -0.213. The van der Waals surface area contributed by atoms with E-state index in [1.54, 1.807) is 0 Å². The molecular formula is C18H26INO2. The minimum absolute atomic E-state index is 0.0126. The molecule has 1 amide bonds. The van der Waals surface area contributed by atoms with Crippen LogP contribution < -0.4 is 5.32 Å². The van der Waals surface area contributed by atoms with Crippen LogP contribution in [0, 0.1) is 3.57 Å². The molecule has 0 aliphatic heterocycles. The summed E-state index contributed by atoms with van der Waals surface area (Å²) >= 11 is 2.19. The number of hydrogen-bond acceptors (Lipinski definition) is 2. The lowest BCUT2D eigenvalue weighted by Gasteiger charge is -2.05. The Morgan fingerprint density at radius 1 is 1.05 bits per heavy atom. The minimum Gasteiger partial charge on any atom is -0.326 e. The Labute approximate surface area is 147 Å². The SMILES string of the molecule is CCCCCCCCCC(=O)CC(=O)Nc1cccc(I)c1. The van der Waals surface area contributed by atoms with Crippen molar-refractivity contribution in [1.82, 2.24) is 0 Å². The maximum Gasteiger partial charge on any atom is 0.231 e. The Morgan fingerprint density at radius 3 is 2.41 bits per heavy atom. The lowest BCUT2D eigenvalue weighted by Crippen LogP contribution is -2.16. The van der Waals surface area contributed by atoms with Gasteiger partial charge >= 0.3 is 0 Å². The van der Waals surface area contributed by atoms with E-state index in [4.69, 9.17) is 0 Å². The van der Waals surface area contributed by atoms with Gasteiger partial charge in [-0.15, -0.1) is 0 Å². The predicted octanol–water partition coefficient (Wildman–Crippen LogP) is 5.33. The average Bonchev–Trinajstić information content (AvgIpc) is 2.46. The molecule has 1 aromatic rings. The number of amides is 1. The number of anilines is 1. The fraction of sp³-hybridized carbons (Fsp3) is 0.556. The molecule has 1 aromatic carbocycles. The molecule has 0 aliphatic carbocycles. The molecule has 1 rings (SSSR count). The highest BCUT2D eigenvalue weighted by Gasteiger charge is 2.09. The van der Waals surface area contributed by atoms with Crippen LogP contribution in [0.2, 0.25) is 0 Å². The third kappa shape index (κ3) is 9.18. The largest absolute Gasteiger partial charge is 0.326 e. The number of carbonyl (C=O) groups is 2. The summed E-state index contributed by atoms with van der Waals surface area (Å²) in [7, 11) is 0. The quantitative estimate of drug-likeness (QED) is 0.302. The van der Waals surface area contributed by atoms with Gasteiger partial charge < -0.3 is 5.32 Å². The van der Waals surface area contributed by atoms with Crippen LogP contribution in [0.15, 0.2) is 24.3 Å². The molecule has 4 heteroatoms. The van der Waals surface area contributed by atoms with E-state index in [1.807, 2.05) is 24.3 Å². The van der Waals surface area contributed by atoms with E-state index in [-0.39, 0.29) is 18.1 Å². The van der Waals surface area contributed by atoms with Crippen LogP contribution in [0.5, 0.6) is 0 Å². The third-order valence-electron chi connectivity index (χ3n) is 3.53. The number of rotatable bonds is 11. The molecule has 1 N–H and O–H groups in total. The zero-order valence-corrected chi connectivity index (χ0v) is 15.5. The van der Waals surface area contributed by atoms with Crippen LogP contribution in [0.4, 0.5) is 5.69 Å². The van der Waals surface area contributed by atoms with Gasteiger partial charge in [0.1, 0.15) is 5.78 Å². The number of halogens is 1. The second-order valence-corrected chi connectivity index (χ2v) is 6.89. The van der Waals surface area contributed by atoms with Crippen molar-refractivity contribution < 1.29 is 9.59 Å². The van der Waals surface area contributed by atoms with Crippen LogP contribution in [0.3, 0.4) is 0 Å². The fourth-order valence-electron chi connectivity index (χ4n) is 2.32. The molecule has 0 radical (unpaired) electrons. The van der Waals surface area contributed by atoms with E-state index >= 15 is 0 Å². The van der Waals surface area contributed by atoms with Crippen molar-refractivity contribution >= 4 is 40.0 Å². The van der Waals surface area contributed by atoms with E-state index < -0.39 is 0 Å². The Hall–Kier alpha value is -0.910. The molecule has 0 spiro atoms. The molecule has 122 valence electrons. The van der Waals surface area contributed by atoms with Crippen LogP contribution in [0.25, 0.3) is 0 Å². The Bertz CT molecular complexity index is 474. The predicted molar refractivity (Wildman–Crippen MR) is 100 cm³/mol. The standard InChI is InChI=1S/C18H26INO2/c1-2-3-4-5-6-7-8-12-17(21)14-18(22)20-16-11-9-10-15(19)13-16/h9-11,13H,2-8,12,14H2,1H3,(H,20,22). The maximum atomic E-state index is 11.8. The molecule has 0 fully saturated rings. The first-order chi connectivity index (χ1) is 10.6. The number of benzene rings is 1. The van der Waals surface area contributed by atoms with Crippen molar-refractivity contribution in [3.8, 4) is 0 Å². The molecule has 0 saturated carbocycles. The highest BCUT2D eigenvalue weighted by molar-refractivity contribution is 14.1. The van der Waals surface area contributed by atoms with E-state index in [2.05, 4.69) is 34.8 Å². The summed E-state index contributed by atoms with van der Waals surface area (Å²) < 4.78 is 1.06. The summed E-state index contributed by atoms with van der Waals surface area (Å²) in [5, 5.41) is 2.77. The van der Waals surface area contributed by atoms with E-state index in [0.717, 1.165) is 22.1 Å². The van der Waals surface area contributed by atoms with Crippen LogP contribution in [0.1, 0.15) is 64.7 Å². The monoisotopic (exact) mass is 415 g/mol. The topological polar surface area (TPSA) is 46.2 Å². The first-order valence-corrected chi connectivity index (χ1v) is 9.27. The van der Waals surface area contributed by atoms with E-state index in [9.17, 15) is 9.59 Å². The maximum absolute atomic E-state index is 11.8. The highest BCUT2D eigenvalue weighted by atomic mass is 127. The lowest BCUT2D eigenvalue weighted by molar-refractivity contribution is -0.125. The number of ketones is 1. The molecule has 0 heterocycles. The molecule has 0 atom stereocenters. The number of nitrogens with one attached hydrogen (secondary N) is 1. The van der Waals surface area contributed by atoms with Gasteiger partial charge in [-0.05, 0) is 47.2 Å². The van der Waals surface area contributed by atoms with Crippen molar-refractivity contribution in [3.05, 3.63) is 27.8 Å². The van der Waals surface area contributed by atoms with Crippen molar-refractivity contribution in [2.75, 3.05) is 5.32 Å². The van der Waals surface area contributed by atoms with Gasteiger partial charge in [-0.1, -0.05) is 51.5 Å². The second-order valence-electron chi connectivity index (χ2n) is 5.65. The highest BCUT2D eigenvalue weighted by Crippen LogP contribution is 2.13. The summed E-state index contributed by atoms with van der Waals surface area (Å²) in [6.07, 6.45) is 8.82. The lowest BCUT2D eigenvalue weighted by atomic mass is 10.1. The number of hydrogen-bond donors (Lipinski definition) is 1. The van der Waals surface area contributed by atoms with Gasteiger partial charge in [-0.3, -0.25) is 9.59 Å². The Morgan fingerprint density at radius 2 is 1.73 bits per heavy atom. The molecule has 0 unspecified atom stereocenters. The van der Waals surface area contributed by atoms with Gasteiger partial charge in [0.2, 0.25) is 5.91 Å². The van der Waals surface area contributed by atoms with Crippen molar-refractivity contribution in [1.29, 1.82) is 0 Å². The fourth-order valence-corrected chi connectivity index (χ4v) is 2.86. The Balaban J connectivity index is 2.12. The van der Waals surface area contributed by atoms with Gasteiger partial charge in [0.25, 0.3) is 0 Å². The second kappa shape index (κ2) is 11.6. The normalized spacial score (nSPS) is 10.5. The zero-order valence-electron chi connectivity index (χ0n) is 13.4. The van der Waals surface area contributed by atoms with Crippen molar-refractivity contribution in [2.24, 2.45) is 0 Å². The number of carbonyl (C=O) groups excluding carboxylic acids is 2. The molecule has 0 aromatic heterocycles. The van der Waals surface area contributed by atoms with Gasteiger partial charge in [-0.25, -0.2) is 0 Å². The zero-order chi connectivity index (χ0) is 16.2. The molecule has 0 bridgehead atoms. The molecular weight excluding hydrogens is 389 g/mol. The van der Waals surface area contributed by atoms with Gasteiger partial charge in [0, 0.05) is 15.7 Å². The van der Waals surface area contributed by atoms with Crippen LogP contribution in [-0.4, -0.2) is 11.7 Å². The Kier molecular flexibility index (Phi) is 10.1. The first kappa shape index (κ1) is 19.1. The number of unbranched alkanes of at least 4 members (excludes halogenated alkanes) is 6. The summed E-state index contributed by atoms with van der Waals surface area (Å²) in [5.74, 6) is -0.174. The van der Waals surface area contributed by atoms with E-state index in [1.165, 1.54) is 32.1 Å². The van der Waals surface area contributed by atoms with E-state index in [0.29, 0.717) is 6.42 Å². The summed E-state index contributed by atoms with van der Waals surface area (Å²) in [5.41, 5.74) is 0.751. The summed E-state index contributed by atoms with van der Waals surface area (Å²) in [6, 6.07) is 7.57. The van der Waals surface area contributed by atoms with Crippen molar-refractivity contribution in [2.45, 2.75) is 64.7 Å². The molecule has 22 heavy (non-hydrogen) atoms. The van der Waals surface area contributed by atoms with Crippen LogP contribution in [-0.2, 0) is 9.59 Å². The summed E-state index contributed by atoms with van der Waals surface area (Å²) in [4.78, 5) is 23.6. The van der Waals surface area contributed by atoms with Crippen LogP contribution >= 0.6 is 22.6 Å².